The number of carbonyl (C=O) groups is 1. The zero-order valence-electron chi connectivity index (χ0n) is 19.7. The number of nitrogens with two attached hydrogens (primary N) is 1. The fourth-order valence-electron chi connectivity index (χ4n) is 5.00. The molecular weight excluding hydrogens is 430 g/mol. The molecule has 34 heavy (non-hydrogen) atoms. The first-order chi connectivity index (χ1) is 16.5. The molecule has 0 bridgehead atoms. The number of H-pyrrole nitrogens is 1. The lowest BCUT2D eigenvalue weighted by Gasteiger charge is -2.27. The van der Waals surface area contributed by atoms with Gasteiger partial charge in [-0.25, -0.2) is 4.79 Å². The SMILES string of the molecule is Nc1c(N(CCC2=CCCCC2)CC(=O)NC2CCCC2)c(=O)[nH]c(=O)n1Cc1ccccc1. The monoisotopic (exact) mass is 465 g/mol. The standard InChI is InChI=1S/C26H35N5O3/c27-24-23(25(33)29-26(34)31(24)17-20-11-5-2-6-12-20)30(16-15-19-9-3-1-4-10-19)18-22(32)28-21-13-7-8-14-21/h2,5-6,9,11-12,21H,1,3-4,7-8,10,13-18,27H2,(H,28,32)(H,29,33,34). The summed E-state index contributed by atoms with van der Waals surface area (Å²) in [6, 6.07) is 9.68. The number of aromatic amines is 1. The molecule has 2 aromatic rings. The number of carbonyl (C=O) groups excluding carboxylic acids is 1. The third-order valence-electron chi connectivity index (χ3n) is 6.86. The van der Waals surface area contributed by atoms with Crippen LogP contribution in [0.15, 0.2) is 51.6 Å². The predicted octanol–water partition coefficient (Wildman–Crippen LogP) is 2.92. The van der Waals surface area contributed by atoms with Crippen molar-refractivity contribution >= 4 is 17.4 Å². The Hall–Kier alpha value is -3.29. The van der Waals surface area contributed by atoms with E-state index in [0.717, 1.165) is 50.5 Å². The highest BCUT2D eigenvalue weighted by atomic mass is 16.2. The van der Waals surface area contributed by atoms with Gasteiger partial charge in [-0.15, -0.1) is 0 Å². The van der Waals surface area contributed by atoms with E-state index in [0.29, 0.717) is 6.54 Å². The molecule has 1 aromatic heterocycles. The molecule has 1 heterocycles. The van der Waals surface area contributed by atoms with Gasteiger partial charge in [-0.05, 0) is 50.5 Å². The van der Waals surface area contributed by atoms with Crippen LogP contribution in [-0.2, 0) is 11.3 Å². The van der Waals surface area contributed by atoms with Crippen molar-refractivity contribution in [2.75, 3.05) is 23.7 Å². The normalized spacial score (nSPS) is 16.3. The van der Waals surface area contributed by atoms with Gasteiger partial charge in [-0.1, -0.05) is 54.8 Å². The number of hydrogen-bond donors (Lipinski definition) is 3. The number of benzene rings is 1. The highest BCUT2D eigenvalue weighted by Gasteiger charge is 2.24. The number of rotatable bonds is 9. The molecule has 2 aliphatic carbocycles. The van der Waals surface area contributed by atoms with Crippen molar-refractivity contribution < 1.29 is 4.79 Å². The lowest BCUT2D eigenvalue weighted by Crippen LogP contribution is -2.45. The Labute approximate surface area is 199 Å². The average molecular weight is 466 g/mol. The molecular formula is C26H35N5O3. The van der Waals surface area contributed by atoms with E-state index >= 15 is 0 Å². The lowest BCUT2D eigenvalue weighted by atomic mass is 9.97. The molecule has 0 aliphatic heterocycles. The highest BCUT2D eigenvalue weighted by Crippen LogP contribution is 2.23. The molecule has 1 fully saturated rings. The summed E-state index contributed by atoms with van der Waals surface area (Å²) in [5, 5.41) is 3.10. The smallest absolute Gasteiger partial charge is 0.330 e. The summed E-state index contributed by atoms with van der Waals surface area (Å²) in [6.45, 7) is 0.754. The van der Waals surface area contributed by atoms with Crippen LogP contribution >= 0.6 is 0 Å². The van der Waals surface area contributed by atoms with E-state index in [9.17, 15) is 14.4 Å². The Morgan fingerprint density at radius 2 is 1.88 bits per heavy atom. The second kappa shape index (κ2) is 11.2. The molecule has 182 valence electrons. The number of hydrogen-bond acceptors (Lipinski definition) is 5. The third-order valence-corrected chi connectivity index (χ3v) is 6.86. The van der Waals surface area contributed by atoms with Crippen LogP contribution in [-0.4, -0.2) is 34.6 Å². The quantitative estimate of drug-likeness (QED) is 0.493. The number of anilines is 2. The van der Waals surface area contributed by atoms with Crippen molar-refractivity contribution in [2.24, 2.45) is 0 Å². The molecule has 0 unspecified atom stereocenters. The molecule has 8 heteroatoms. The summed E-state index contributed by atoms with van der Waals surface area (Å²) in [6.07, 6.45) is 11.7. The van der Waals surface area contributed by atoms with Gasteiger partial charge in [0.15, 0.2) is 0 Å². The average Bonchev–Trinajstić information content (AvgIpc) is 3.34. The largest absolute Gasteiger partial charge is 0.383 e. The number of amides is 1. The van der Waals surface area contributed by atoms with E-state index in [1.165, 1.54) is 23.0 Å². The minimum absolute atomic E-state index is 0.0284. The van der Waals surface area contributed by atoms with Gasteiger partial charge in [-0.2, -0.15) is 0 Å². The zero-order chi connectivity index (χ0) is 23.9. The summed E-state index contributed by atoms with van der Waals surface area (Å²) in [4.78, 5) is 42.6. The van der Waals surface area contributed by atoms with Crippen LogP contribution in [0.5, 0.6) is 0 Å². The Morgan fingerprint density at radius 1 is 1.12 bits per heavy atom. The van der Waals surface area contributed by atoms with Crippen molar-refractivity contribution in [3.05, 3.63) is 68.4 Å². The third kappa shape index (κ3) is 5.98. The molecule has 4 rings (SSSR count). The van der Waals surface area contributed by atoms with Crippen LogP contribution in [0, 0.1) is 0 Å². The van der Waals surface area contributed by atoms with Gasteiger partial charge in [0.05, 0.1) is 13.1 Å². The molecule has 1 amide bonds. The first-order valence-electron chi connectivity index (χ1n) is 12.4. The minimum Gasteiger partial charge on any atom is -0.383 e. The molecule has 0 atom stereocenters. The maximum Gasteiger partial charge on any atom is 0.330 e. The number of allylic oxidation sites excluding steroid dienone is 1. The molecule has 1 saturated carbocycles. The van der Waals surface area contributed by atoms with Crippen molar-refractivity contribution in [1.29, 1.82) is 0 Å². The van der Waals surface area contributed by atoms with Crippen molar-refractivity contribution in [3.8, 4) is 0 Å². The molecule has 0 radical (unpaired) electrons. The molecule has 1 aromatic carbocycles. The number of nitrogens with zero attached hydrogens (tertiary/aromatic N) is 2. The van der Waals surface area contributed by atoms with Crippen LogP contribution < -0.4 is 27.2 Å². The van der Waals surface area contributed by atoms with Crippen LogP contribution in [0.1, 0.15) is 63.4 Å². The second-order valence-electron chi connectivity index (χ2n) is 9.39. The van der Waals surface area contributed by atoms with Crippen molar-refractivity contribution in [3.63, 3.8) is 0 Å². The summed E-state index contributed by atoms with van der Waals surface area (Å²) in [7, 11) is 0. The van der Waals surface area contributed by atoms with E-state index in [-0.39, 0.29) is 36.5 Å². The molecule has 2 aliphatic rings. The topological polar surface area (TPSA) is 113 Å². The van der Waals surface area contributed by atoms with Gasteiger partial charge in [0, 0.05) is 12.6 Å². The summed E-state index contributed by atoms with van der Waals surface area (Å²) < 4.78 is 1.37. The van der Waals surface area contributed by atoms with Gasteiger partial charge in [0.2, 0.25) is 5.91 Å². The fraction of sp³-hybridized carbons (Fsp3) is 0.500. The predicted molar refractivity (Wildman–Crippen MR) is 135 cm³/mol. The maximum atomic E-state index is 12.9. The van der Waals surface area contributed by atoms with Crippen LogP contribution in [0.3, 0.4) is 0 Å². The van der Waals surface area contributed by atoms with Crippen LogP contribution in [0.25, 0.3) is 0 Å². The lowest BCUT2D eigenvalue weighted by molar-refractivity contribution is -0.120. The van der Waals surface area contributed by atoms with E-state index < -0.39 is 11.2 Å². The Morgan fingerprint density at radius 3 is 2.59 bits per heavy atom. The molecule has 8 nitrogen and oxygen atoms in total. The van der Waals surface area contributed by atoms with Crippen molar-refractivity contribution in [1.82, 2.24) is 14.9 Å². The fourth-order valence-corrected chi connectivity index (χ4v) is 5.00. The first-order valence-corrected chi connectivity index (χ1v) is 12.4. The molecule has 0 saturated heterocycles. The van der Waals surface area contributed by atoms with Gasteiger partial charge < -0.3 is 16.0 Å². The van der Waals surface area contributed by atoms with Gasteiger partial charge in [-0.3, -0.25) is 19.1 Å². The van der Waals surface area contributed by atoms with Gasteiger partial charge >= 0.3 is 5.69 Å². The maximum absolute atomic E-state index is 12.9. The Balaban J connectivity index is 1.62. The van der Waals surface area contributed by atoms with Gasteiger partial charge in [0.25, 0.3) is 5.56 Å². The van der Waals surface area contributed by atoms with E-state index in [1.54, 1.807) is 4.90 Å². The number of aromatic nitrogens is 2. The highest BCUT2D eigenvalue weighted by molar-refractivity contribution is 5.82. The molecule has 4 N–H and O–H groups in total. The van der Waals surface area contributed by atoms with Crippen molar-refractivity contribution in [2.45, 2.75) is 70.4 Å². The first kappa shape index (κ1) is 23.9. The summed E-state index contributed by atoms with van der Waals surface area (Å²) in [5.41, 5.74) is 7.76. The summed E-state index contributed by atoms with van der Waals surface area (Å²) >= 11 is 0. The van der Waals surface area contributed by atoms with Gasteiger partial charge in [0.1, 0.15) is 11.5 Å². The Bertz CT molecular complexity index is 1130. The van der Waals surface area contributed by atoms with Crippen LogP contribution in [0.4, 0.5) is 11.5 Å². The summed E-state index contributed by atoms with van der Waals surface area (Å²) in [5.74, 6) is -0.0342. The second-order valence-corrected chi connectivity index (χ2v) is 9.39. The molecule has 0 spiro atoms. The van der Waals surface area contributed by atoms with E-state index in [1.807, 2.05) is 30.3 Å². The van der Waals surface area contributed by atoms with Crippen LogP contribution in [0.2, 0.25) is 0 Å². The number of nitrogens with one attached hydrogen (secondary N) is 2. The van der Waals surface area contributed by atoms with E-state index in [2.05, 4.69) is 16.4 Å². The number of nitrogen functional groups attached to an aromatic ring is 1. The van der Waals surface area contributed by atoms with E-state index in [4.69, 9.17) is 5.73 Å². The minimum atomic E-state index is -0.557. The Kier molecular flexibility index (Phi) is 7.87. The zero-order valence-corrected chi connectivity index (χ0v) is 19.7.